The van der Waals surface area contributed by atoms with Gasteiger partial charge in [-0.3, -0.25) is 19.8 Å². The standard InChI is InChI=1S/C12H14FN3O2/c1-7-12(18)15-11(17)6-16(7)5-8-2-3-10(14)9(13)4-8/h2-4,7H,5-6,14H2,1H3,(H,15,17,18). The van der Waals surface area contributed by atoms with Crippen molar-refractivity contribution < 1.29 is 14.0 Å². The number of rotatable bonds is 2. The lowest BCUT2D eigenvalue weighted by atomic mass is 10.1. The van der Waals surface area contributed by atoms with E-state index in [-0.39, 0.29) is 24.0 Å². The van der Waals surface area contributed by atoms with Crippen molar-refractivity contribution in [1.82, 2.24) is 10.2 Å². The molecule has 1 saturated heterocycles. The number of imide groups is 1. The fraction of sp³-hybridized carbons (Fsp3) is 0.333. The van der Waals surface area contributed by atoms with E-state index < -0.39 is 11.9 Å². The molecule has 5 nitrogen and oxygen atoms in total. The van der Waals surface area contributed by atoms with Gasteiger partial charge in [-0.2, -0.15) is 0 Å². The molecule has 96 valence electrons. The summed E-state index contributed by atoms with van der Waals surface area (Å²) in [4.78, 5) is 24.4. The number of hydrogen-bond acceptors (Lipinski definition) is 4. The van der Waals surface area contributed by atoms with E-state index in [0.717, 1.165) is 0 Å². The topological polar surface area (TPSA) is 75.4 Å². The molecule has 0 aliphatic carbocycles. The summed E-state index contributed by atoms with van der Waals surface area (Å²) >= 11 is 0. The summed E-state index contributed by atoms with van der Waals surface area (Å²) in [7, 11) is 0. The first-order chi connectivity index (χ1) is 8.47. The number of carbonyl (C=O) groups excluding carboxylic acids is 2. The SMILES string of the molecule is CC1C(=O)NC(=O)CN1Cc1ccc(N)c(F)c1. The van der Waals surface area contributed by atoms with E-state index in [0.29, 0.717) is 12.1 Å². The number of amides is 2. The van der Waals surface area contributed by atoms with Gasteiger partial charge in [0.2, 0.25) is 11.8 Å². The molecule has 1 aliphatic heterocycles. The summed E-state index contributed by atoms with van der Waals surface area (Å²) in [5, 5.41) is 2.25. The van der Waals surface area contributed by atoms with Gasteiger partial charge in [0.15, 0.2) is 0 Å². The molecule has 0 radical (unpaired) electrons. The highest BCUT2D eigenvalue weighted by Crippen LogP contribution is 2.16. The monoisotopic (exact) mass is 251 g/mol. The molecule has 1 heterocycles. The summed E-state index contributed by atoms with van der Waals surface area (Å²) < 4.78 is 13.3. The van der Waals surface area contributed by atoms with Crippen molar-refractivity contribution in [3.05, 3.63) is 29.6 Å². The molecule has 2 amide bonds. The van der Waals surface area contributed by atoms with Crippen LogP contribution >= 0.6 is 0 Å². The number of hydrogen-bond donors (Lipinski definition) is 2. The molecule has 0 saturated carbocycles. The summed E-state index contributed by atoms with van der Waals surface area (Å²) in [5.41, 5.74) is 6.15. The Labute approximate surface area is 104 Å². The van der Waals surface area contributed by atoms with Crippen molar-refractivity contribution >= 4 is 17.5 Å². The van der Waals surface area contributed by atoms with Gasteiger partial charge in [0.1, 0.15) is 5.82 Å². The zero-order valence-electron chi connectivity index (χ0n) is 9.94. The van der Waals surface area contributed by atoms with Gasteiger partial charge in [0.05, 0.1) is 18.3 Å². The van der Waals surface area contributed by atoms with Crippen molar-refractivity contribution in [2.45, 2.75) is 19.5 Å². The van der Waals surface area contributed by atoms with Gasteiger partial charge in [-0.05, 0) is 24.6 Å². The molecule has 1 atom stereocenters. The lowest BCUT2D eigenvalue weighted by Gasteiger charge is -2.31. The molecule has 2 rings (SSSR count). The first-order valence-corrected chi connectivity index (χ1v) is 5.59. The minimum absolute atomic E-state index is 0.0827. The maximum atomic E-state index is 13.3. The molecule has 0 spiro atoms. The Morgan fingerprint density at radius 2 is 2.22 bits per heavy atom. The molecule has 18 heavy (non-hydrogen) atoms. The first kappa shape index (κ1) is 12.5. The third-order valence-electron chi connectivity index (χ3n) is 2.99. The normalized spacial score (nSPS) is 20.9. The van der Waals surface area contributed by atoms with E-state index in [4.69, 9.17) is 5.73 Å². The van der Waals surface area contributed by atoms with Crippen LogP contribution in [0.1, 0.15) is 12.5 Å². The number of benzene rings is 1. The second kappa shape index (κ2) is 4.73. The Bertz CT molecular complexity index is 504. The van der Waals surface area contributed by atoms with Crippen LogP contribution < -0.4 is 11.1 Å². The van der Waals surface area contributed by atoms with E-state index in [1.54, 1.807) is 17.9 Å². The molecule has 3 N–H and O–H groups in total. The number of nitrogen functional groups attached to an aromatic ring is 1. The van der Waals surface area contributed by atoms with E-state index in [1.165, 1.54) is 12.1 Å². The Morgan fingerprint density at radius 1 is 1.50 bits per heavy atom. The average Bonchev–Trinajstić information content (AvgIpc) is 2.30. The molecular weight excluding hydrogens is 237 g/mol. The van der Waals surface area contributed by atoms with Gasteiger partial charge >= 0.3 is 0 Å². The van der Waals surface area contributed by atoms with Gasteiger partial charge in [0.25, 0.3) is 0 Å². The number of piperazine rings is 1. The third-order valence-corrected chi connectivity index (χ3v) is 2.99. The van der Waals surface area contributed by atoms with Crippen molar-refractivity contribution in [2.24, 2.45) is 0 Å². The summed E-state index contributed by atoms with van der Waals surface area (Å²) in [6.07, 6.45) is 0. The van der Waals surface area contributed by atoms with E-state index in [2.05, 4.69) is 5.32 Å². The molecule has 1 fully saturated rings. The van der Waals surface area contributed by atoms with Crippen molar-refractivity contribution in [1.29, 1.82) is 0 Å². The van der Waals surface area contributed by atoms with E-state index in [1.807, 2.05) is 0 Å². The van der Waals surface area contributed by atoms with Crippen LogP contribution in [0.5, 0.6) is 0 Å². The molecule has 1 aliphatic rings. The fourth-order valence-electron chi connectivity index (χ4n) is 1.86. The summed E-state index contributed by atoms with van der Waals surface area (Å²) in [6.45, 7) is 2.16. The zero-order chi connectivity index (χ0) is 13.3. The summed E-state index contributed by atoms with van der Waals surface area (Å²) in [6, 6.07) is 4.06. The molecule has 6 heteroatoms. The number of nitrogens with one attached hydrogen (secondary N) is 1. The van der Waals surface area contributed by atoms with Crippen molar-refractivity contribution in [3.63, 3.8) is 0 Å². The van der Waals surface area contributed by atoms with Crippen LogP contribution in [0.15, 0.2) is 18.2 Å². The van der Waals surface area contributed by atoms with Crippen LogP contribution in [0.3, 0.4) is 0 Å². The van der Waals surface area contributed by atoms with Crippen molar-refractivity contribution in [3.8, 4) is 0 Å². The maximum Gasteiger partial charge on any atom is 0.243 e. The number of nitrogens with two attached hydrogens (primary N) is 1. The molecule has 1 aromatic rings. The molecule has 0 bridgehead atoms. The minimum Gasteiger partial charge on any atom is -0.396 e. The highest BCUT2D eigenvalue weighted by molar-refractivity contribution is 6.00. The van der Waals surface area contributed by atoms with Gasteiger partial charge in [-0.25, -0.2) is 4.39 Å². The van der Waals surface area contributed by atoms with E-state index >= 15 is 0 Å². The Balaban J connectivity index is 2.14. The highest BCUT2D eigenvalue weighted by atomic mass is 19.1. The van der Waals surface area contributed by atoms with Gasteiger partial charge < -0.3 is 5.73 Å². The largest absolute Gasteiger partial charge is 0.396 e. The smallest absolute Gasteiger partial charge is 0.243 e. The second-order valence-electron chi connectivity index (χ2n) is 4.35. The van der Waals surface area contributed by atoms with Crippen molar-refractivity contribution in [2.75, 3.05) is 12.3 Å². The van der Waals surface area contributed by atoms with Crippen LogP contribution in [0, 0.1) is 5.82 Å². The van der Waals surface area contributed by atoms with Crippen LogP contribution in [0.25, 0.3) is 0 Å². The highest BCUT2D eigenvalue weighted by Gasteiger charge is 2.29. The summed E-state index contributed by atoms with van der Waals surface area (Å²) in [5.74, 6) is -1.16. The molecular formula is C12H14FN3O2. The van der Waals surface area contributed by atoms with Crippen LogP contribution in [0.4, 0.5) is 10.1 Å². The number of anilines is 1. The number of halogens is 1. The first-order valence-electron chi connectivity index (χ1n) is 5.59. The zero-order valence-corrected chi connectivity index (χ0v) is 9.94. The van der Waals surface area contributed by atoms with Crippen LogP contribution in [0.2, 0.25) is 0 Å². The van der Waals surface area contributed by atoms with Crippen LogP contribution in [-0.2, 0) is 16.1 Å². The Hall–Kier alpha value is -1.95. The lowest BCUT2D eigenvalue weighted by molar-refractivity contribution is -0.139. The van der Waals surface area contributed by atoms with E-state index in [9.17, 15) is 14.0 Å². The van der Waals surface area contributed by atoms with Crippen LogP contribution in [-0.4, -0.2) is 29.3 Å². The lowest BCUT2D eigenvalue weighted by Crippen LogP contribution is -2.56. The number of nitrogens with zero attached hydrogens (tertiary/aromatic N) is 1. The maximum absolute atomic E-state index is 13.3. The molecule has 1 aromatic carbocycles. The fourth-order valence-corrected chi connectivity index (χ4v) is 1.86. The van der Waals surface area contributed by atoms with Gasteiger partial charge in [-0.1, -0.05) is 6.07 Å². The predicted molar refractivity (Wildman–Crippen MR) is 63.8 cm³/mol. The van der Waals surface area contributed by atoms with Gasteiger partial charge in [0, 0.05) is 6.54 Å². The second-order valence-corrected chi connectivity index (χ2v) is 4.35. The minimum atomic E-state index is -0.493. The van der Waals surface area contributed by atoms with Gasteiger partial charge in [-0.15, -0.1) is 0 Å². The average molecular weight is 251 g/mol. The number of carbonyl (C=O) groups is 2. The predicted octanol–water partition coefficient (Wildman–Crippen LogP) is 0.255. The third kappa shape index (κ3) is 2.48. The molecule has 1 unspecified atom stereocenters. The molecule has 0 aromatic heterocycles. The Kier molecular flexibility index (Phi) is 3.29. The Morgan fingerprint density at radius 3 is 2.89 bits per heavy atom. The quantitative estimate of drug-likeness (QED) is 0.584.